The molecule has 5 heteroatoms. The van der Waals surface area contributed by atoms with Crippen LogP contribution in [0, 0.1) is 0 Å². The van der Waals surface area contributed by atoms with E-state index in [2.05, 4.69) is 58.6 Å². The van der Waals surface area contributed by atoms with E-state index in [1.807, 2.05) is 6.92 Å². The maximum Gasteiger partial charge on any atom is 0.219 e. The fraction of sp³-hybridized carbons (Fsp3) is 0.522. The third kappa shape index (κ3) is 5.61. The van der Waals surface area contributed by atoms with E-state index >= 15 is 0 Å². The van der Waals surface area contributed by atoms with Crippen LogP contribution in [0.5, 0.6) is 5.75 Å². The Bertz CT molecular complexity index is 770. The van der Waals surface area contributed by atoms with Gasteiger partial charge in [-0.25, -0.2) is 0 Å². The third-order valence-electron chi connectivity index (χ3n) is 5.37. The van der Waals surface area contributed by atoms with Crippen molar-refractivity contribution in [3.63, 3.8) is 0 Å². The summed E-state index contributed by atoms with van der Waals surface area (Å²) < 4.78 is 6.00. The van der Waals surface area contributed by atoms with Crippen molar-refractivity contribution in [2.75, 3.05) is 51.3 Å². The van der Waals surface area contributed by atoms with Crippen molar-refractivity contribution in [1.29, 1.82) is 0 Å². The molecule has 2 aromatic rings. The van der Waals surface area contributed by atoms with E-state index in [-0.39, 0.29) is 5.91 Å². The fourth-order valence-corrected chi connectivity index (χ4v) is 3.69. The van der Waals surface area contributed by atoms with Gasteiger partial charge in [-0.2, -0.15) is 0 Å². The average molecular weight is 384 g/mol. The number of hydrogen-bond acceptors (Lipinski definition) is 4. The molecule has 1 fully saturated rings. The van der Waals surface area contributed by atoms with Crippen LogP contribution in [-0.4, -0.2) is 57.2 Å². The van der Waals surface area contributed by atoms with Crippen LogP contribution in [0.2, 0.25) is 0 Å². The van der Waals surface area contributed by atoms with Crippen molar-refractivity contribution in [3.8, 4) is 5.75 Å². The molecule has 1 aliphatic rings. The predicted octanol–water partition coefficient (Wildman–Crippen LogP) is 3.67. The Hall–Kier alpha value is -2.27. The van der Waals surface area contributed by atoms with Crippen LogP contribution in [0.15, 0.2) is 36.4 Å². The number of ether oxygens (including phenoxy) is 1. The van der Waals surface area contributed by atoms with Gasteiger partial charge in [0.05, 0.1) is 6.61 Å². The number of hydrogen-bond donors (Lipinski definition) is 1. The van der Waals surface area contributed by atoms with Crippen molar-refractivity contribution in [3.05, 3.63) is 36.4 Å². The van der Waals surface area contributed by atoms with Crippen molar-refractivity contribution >= 4 is 22.4 Å². The molecule has 1 N–H and O–H groups in total. The van der Waals surface area contributed by atoms with Gasteiger partial charge in [-0.1, -0.05) is 18.2 Å². The van der Waals surface area contributed by atoms with Crippen LogP contribution >= 0.6 is 0 Å². The second kappa shape index (κ2) is 10.3. The lowest BCUT2D eigenvalue weighted by atomic mass is 10.1. The first kappa shape index (κ1) is 20.5. The second-order valence-corrected chi connectivity index (χ2v) is 7.56. The van der Waals surface area contributed by atoms with Crippen molar-refractivity contribution in [2.24, 2.45) is 0 Å². The summed E-state index contributed by atoms with van der Waals surface area (Å²) >= 11 is 0. The maximum atomic E-state index is 11.5. The smallest absolute Gasteiger partial charge is 0.219 e. The molecule has 0 saturated carbocycles. The third-order valence-corrected chi connectivity index (χ3v) is 5.37. The Balaban J connectivity index is 1.54. The van der Waals surface area contributed by atoms with Gasteiger partial charge in [0.1, 0.15) is 5.75 Å². The lowest BCUT2D eigenvalue weighted by Crippen LogP contribution is -2.44. The van der Waals surface area contributed by atoms with Crippen LogP contribution in [0.4, 0.5) is 5.69 Å². The van der Waals surface area contributed by atoms with E-state index in [1.54, 1.807) is 0 Å². The van der Waals surface area contributed by atoms with Gasteiger partial charge in [-0.3, -0.25) is 4.79 Å². The molecule has 1 heterocycles. The zero-order valence-corrected chi connectivity index (χ0v) is 17.2. The highest BCUT2D eigenvalue weighted by molar-refractivity contribution is 5.95. The number of rotatable bonds is 9. The second-order valence-electron chi connectivity index (χ2n) is 7.56. The minimum Gasteiger partial charge on any atom is -0.494 e. The summed E-state index contributed by atoms with van der Waals surface area (Å²) in [5, 5.41) is 5.36. The summed E-state index contributed by atoms with van der Waals surface area (Å²) in [6.45, 7) is 7.67. The minimum absolute atomic E-state index is 0.148. The number of unbranched alkanes of at least 4 members (excludes halogenated alkanes) is 2. The van der Waals surface area contributed by atoms with Gasteiger partial charge in [0.25, 0.3) is 0 Å². The van der Waals surface area contributed by atoms with Crippen LogP contribution in [-0.2, 0) is 4.79 Å². The number of carbonyl (C=O) groups excluding carboxylic acids is 1. The quantitative estimate of drug-likeness (QED) is 0.671. The van der Waals surface area contributed by atoms with Crippen LogP contribution in [0.1, 0.15) is 32.6 Å². The molecule has 152 valence electrons. The summed E-state index contributed by atoms with van der Waals surface area (Å²) in [6.07, 6.45) is 3.51. The topological polar surface area (TPSA) is 44.8 Å². The zero-order chi connectivity index (χ0) is 19.8. The summed E-state index contributed by atoms with van der Waals surface area (Å²) in [5.41, 5.74) is 1.30. The zero-order valence-electron chi connectivity index (χ0n) is 17.2. The van der Waals surface area contributed by atoms with E-state index in [1.165, 1.54) is 16.5 Å². The molecule has 0 bridgehead atoms. The van der Waals surface area contributed by atoms with Crippen LogP contribution < -0.4 is 15.0 Å². The summed E-state index contributed by atoms with van der Waals surface area (Å²) in [4.78, 5) is 16.3. The van der Waals surface area contributed by atoms with Gasteiger partial charge >= 0.3 is 0 Å². The monoisotopic (exact) mass is 383 g/mol. The highest BCUT2D eigenvalue weighted by Crippen LogP contribution is 2.30. The number of benzene rings is 2. The molecular formula is C23H33N3O2. The van der Waals surface area contributed by atoms with E-state index < -0.39 is 0 Å². The minimum atomic E-state index is 0.148. The predicted molar refractivity (Wildman–Crippen MR) is 116 cm³/mol. The van der Waals surface area contributed by atoms with E-state index in [9.17, 15) is 4.79 Å². The summed E-state index contributed by atoms with van der Waals surface area (Å²) in [6, 6.07) is 12.9. The number of piperazine rings is 1. The molecule has 0 aliphatic carbocycles. The first-order valence-corrected chi connectivity index (χ1v) is 10.5. The van der Waals surface area contributed by atoms with Gasteiger partial charge < -0.3 is 19.9 Å². The molecule has 1 saturated heterocycles. The van der Waals surface area contributed by atoms with Crippen molar-refractivity contribution in [2.45, 2.75) is 32.6 Å². The number of anilines is 1. The van der Waals surface area contributed by atoms with Gasteiger partial charge in [0.15, 0.2) is 0 Å². The number of nitrogens with zero attached hydrogens (tertiary/aromatic N) is 2. The molecule has 1 aliphatic heterocycles. The van der Waals surface area contributed by atoms with Gasteiger partial charge in [0.2, 0.25) is 5.91 Å². The molecule has 5 nitrogen and oxygen atoms in total. The SMILES string of the molecule is CCNC(=O)CCCCCOc1ccc2cccc(N3CCN(C)CC3)c2c1. The molecule has 0 unspecified atom stereocenters. The van der Waals surface area contributed by atoms with Gasteiger partial charge in [-0.05, 0) is 56.8 Å². The maximum absolute atomic E-state index is 11.5. The van der Waals surface area contributed by atoms with E-state index in [0.717, 1.165) is 51.2 Å². The standard InChI is InChI=1S/C23H33N3O2/c1-3-24-23(27)10-5-4-6-17-28-20-12-11-19-8-7-9-22(21(19)18-20)26-15-13-25(2)14-16-26/h7-9,11-12,18H,3-6,10,13-17H2,1-2H3,(H,24,27). The average Bonchev–Trinajstić information content (AvgIpc) is 2.71. The Kier molecular flexibility index (Phi) is 7.54. The number of fused-ring (bicyclic) bond motifs is 1. The van der Waals surface area contributed by atoms with Crippen molar-refractivity contribution in [1.82, 2.24) is 10.2 Å². The summed E-state index contributed by atoms with van der Waals surface area (Å²) in [5.74, 6) is 1.08. The number of carbonyl (C=O) groups is 1. The van der Waals surface area contributed by atoms with E-state index in [0.29, 0.717) is 19.6 Å². The normalized spacial score (nSPS) is 15.0. The highest BCUT2D eigenvalue weighted by atomic mass is 16.5. The fourth-order valence-electron chi connectivity index (χ4n) is 3.69. The lowest BCUT2D eigenvalue weighted by Gasteiger charge is -2.34. The molecule has 0 atom stereocenters. The van der Waals surface area contributed by atoms with Gasteiger partial charge in [0, 0.05) is 50.2 Å². The molecule has 0 radical (unpaired) electrons. The molecule has 28 heavy (non-hydrogen) atoms. The molecule has 2 aromatic carbocycles. The first-order valence-electron chi connectivity index (χ1n) is 10.5. The van der Waals surface area contributed by atoms with Crippen molar-refractivity contribution < 1.29 is 9.53 Å². The Morgan fingerprint density at radius 3 is 2.68 bits per heavy atom. The molecule has 0 aromatic heterocycles. The lowest BCUT2D eigenvalue weighted by molar-refractivity contribution is -0.121. The Labute approximate surface area is 168 Å². The van der Waals surface area contributed by atoms with Crippen LogP contribution in [0.3, 0.4) is 0 Å². The number of amides is 1. The number of nitrogens with one attached hydrogen (secondary N) is 1. The molecule has 0 spiro atoms. The largest absolute Gasteiger partial charge is 0.494 e. The Morgan fingerprint density at radius 2 is 1.89 bits per heavy atom. The molecular weight excluding hydrogens is 350 g/mol. The number of likely N-dealkylation sites (N-methyl/N-ethyl adjacent to an activating group) is 1. The highest BCUT2D eigenvalue weighted by Gasteiger charge is 2.16. The van der Waals surface area contributed by atoms with Crippen LogP contribution in [0.25, 0.3) is 10.8 Å². The molecule has 3 rings (SSSR count). The van der Waals surface area contributed by atoms with E-state index in [4.69, 9.17) is 4.74 Å². The summed E-state index contributed by atoms with van der Waals surface area (Å²) in [7, 11) is 2.18. The molecule has 1 amide bonds. The Morgan fingerprint density at radius 1 is 1.07 bits per heavy atom. The van der Waals surface area contributed by atoms with Gasteiger partial charge in [-0.15, -0.1) is 0 Å². The first-order chi connectivity index (χ1) is 13.7.